The van der Waals surface area contributed by atoms with Gasteiger partial charge in [0.15, 0.2) is 23.0 Å². The monoisotopic (exact) mass is 490 g/mol. The second kappa shape index (κ2) is 10.1. The molecule has 2 aliphatic rings. The number of nitrogens with one attached hydrogen (secondary N) is 1. The highest BCUT2D eigenvalue weighted by atomic mass is 32.2. The molecule has 1 unspecified atom stereocenters. The molecule has 1 N–H and O–H groups in total. The lowest BCUT2D eigenvalue weighted by Crippen LogP contribution is -2.49. The first-order valence-corrected chi connectivity index (χ1v) is 12.8. The quantitative estimate of drug-likeness (QED) is 0.636. The number of carbonyl (C=O) groups excluding carboxylic acids is 1. The predicted octanol–water partition coefficient (Wildman–Crippen LogP) is 2.58. The van der Waals surface area contributed by atoms with Gasteiger partial charge < -0.3 is 23.8 Å². The lowest BCUT2D eigenvalue weighted by Gasteiger charge is -2.27. The lowest BCUT2D eigenvalue weighted by atomic mass is 10.0. The summed E-state index contributed by atoms with van der Waals surface area (Å²) in [7, 11) is -2.33. The van der Waals surface area contributed by atoms with Crippen molar-refractivity contribution < 1.29 is 32.2 Å². The largest absolute Gasteiger partial charge is 0.490 e. The Morgan fingerprint density at radius 1 is 0.912 bits per heavy atom. The third-order valence-corrected chi connectivity index (χ3v) is 7.09. The smallest absolute Gasteiger partial charge is 0.241 e. The first-order valence-electron chi connectivity index (χ1n) is 11.3. The number of hydrogen-bond donors (Lipinski definition) is 1. The number of carbonyl (C=O) groups is 1. The summed E-state index contributed by atoms with van der Waals surface area (Å²) in [6, 6.07) is 9.04. The SMILES string of the molecule is CC(C)C(NS(=O)(=O)c1ccc2c(c1)OCCCO2)C(=O)N(C)Cc1ccc2c(c1)OCCO2. The van der Waals surface area contributed by atoms with E-state index in [1.807, 2.05) is 18.2 Å². The highest BCUT2D eigenvalue weighted by Crippen LogP contribution is 2.33. The van der Waals surface area contributed by atoms with E-state index in [1.54, 1.807) is 27.0 Å². The molecule has 10 heteroatoms. The standard InChI is InChI=1S/C24H30N2O7S/c1-16(2)23(24(27)26(3)15-17-5-7-19-21(13-17)33-12-11-32-19)25-34(28,29)18-6-8-20-22(14-18)31-10-4-9-30-20/h5-8,13-14,16,23,25H,4,9-12,15H2,1-3H3. The Hall–Kier alpha value is -2.98. The third kappa shape index (κ3) is 5.39. The van der Waals surface area contributed by atoms with E-state index >= 15 is 0 Å². The number of likely N-dealkylation sites (N-methyl/N-ethyl adjacent to an activating group) is 1. The zero-order chi connectivity index (χ0) is 24.3. The molecule has 1 amide bonds. The molecule has 34 heavy (non-hydrogen) atoms. The Bertz CT molecular complexity index is 1150. The van der Waals surface area contributed by atoms with Crippen LogP contribution >= 0.6 is 0 Å². The minimum atomic E-state index is -3.98. The second-order valence-electron chi connectivity index (χ2n) is 8.67. The second-order valence-corrected chi connectivity index (χ2v) is 10.4. The van der Waals surface area contributed by atoms with Gasteiger partial charge in [-0.05, 0) is 35.7 Å². The number of fused-ring (bicyclic) bond motifs is 2. The van der Waals surface area contributed by atoms with Crippen LogP contribution < -0.4 is 23.7 Å². The number of sulfonamides is 1. The first kappa shape index (κ1) is 24.2. The zero-order valence-corrected chi connectivity index (χ0v) is 20.4. The summed E-state index contributed by atoms with van der Waals surface area (Å²) in [6.07, 6.45) is 0.717. The van der Waals surface area contributed by atoms with Crippen molar-refractivity contribution in [2.24, 2.45) is 5.92 Å². The Labute approximate surface area is 200 Å². The van der Waals surface area contributed by atoms with Gasteiger partial charge in [-0.15, -0.1) is 0 Å². The molecule has 1 atom stereocenters. The van der Waals surface area contributed by atoms with Crippen LogP contribution in [-0.2, 0) is 21.4 Å². The number of nitrogens with zero attached hydrogens (tertiary/aromatic N) is 1. The van der Waals surface area contributed by atoms with Crippen LogP contribution in [0.15, 0.2) is 41.3 Å². The van der Waals surface area contributed by atoms with Crippen LogP contribution in [-0.4, -0.2) is 58.7 Å². The molecule has 2 aromatic carbocycles. The Balaban J connectivity index is 1.49. The van der Waals surface area contributed by atoms with Gasteiger partial charge in [0.1, 0.15) is 19.3 Å². The van der Waals surface area contributed by atoms with Crippen molar-refractivity contribution >= 4 is 15.9 Å². The average Bonchev–Trinajstić information content (AvgIpc) is 3.07. The number of benzene rings is 2. The highest BCUT2D eigenvalue weighted by Gasteiger charge is 2.31. The van der Waals surface area contributed by atoms with Crippen molar-refractivity contribution in [1.29, 1.82) is 0 Å². The van der Waals surface area contributed by atoms with Crippen molar-refractivity contribution in [3.05, 3.63) is 42.0 Å². The van der Waals surface area contributed by atoms with Gasteiger partial charge in [-0.3, -0.25) is 4.79 Å². The van der Waals surface area contributed by atoms with Gasteiger partial charge in [-0.25, -0.2) is 8.42 Å². The van der Waals surface area contributed by atoms with E-state index in [2.05, 4.69) is 4.72 Å². The van der Waals surface area contributed by atoms with Gasteiger partial charge in [0.25, 0.3) is 0 Å². The fourth-order valence-electron chi connectivity index (χ4n) is 3.79. The maximum Gasteiger partial charge on any atom is 0.241 e. The molecule has 0 saturated carbocycles. The summed E-state index contributed by atoms with van der Waals surface area (Å²) in [5.74, 6) is 1.59. The van der Waals surface area contributed by atoms with E-state index in [9.17, 15) is 13.2 Å². The van der Waals surface area contributed by atoms with Gasteiger partial charge in [0.2, 0.25) is 15.9 Å². The first-order chi connectivity index (χ1) is 16.2. The van der Waals surface area contributed by atoms with Crippen LogP contribution in [0.3, 0.4) is 0 Å². The number of ether oxygens (including phenoxy) is 4. The number of amides is 1. The van der Waals surface area contributed by atoms with Crippen LogP contribution in [0.2, 0.25) is 0 Å². The van der Waals surface area contributed by atoms with E-state index in [1.165, 1.54) is 17.0 Å². The molecule has 184 valence electrons. The fraction of sp³-hybridized carbons (Fsp3) is 0.458. The maximum atomic E-state index is 13.3. The molecule has 0 fully saturated rings. The van der Waals surface area contributed by atoms with Crippen LogP contribution in [0.1, 0.15) is 25.8 Å². The molecule has 2 heterocycles. The molecule has 2 aliphatic heterocycles. The molecule has 0 aromatic heterocycles. The fourth-order valence-corrected chi connectivity index (χ4v) is 5.15. The van der Waals surface area contributed by atoms with Crippen molar-refractivity contribution in [3.8, 4) is 23.0 Å². The summed E-state index contributed by atoms with van der Waals surface area (Å²) in [4.78, 5) is 14.8. The van der Waals surface area contributed by atoms with E-state index < -0.39 is 16.1 Å². The predicted molar refractivity (Wildman–Crippen MR) is 125 cm³/mol. The van der Waals surface area contributed by atoms with Crippen LogP contribution in [0, 0.1) is 5.92 Å². The van der Waals surface area contributed by atoms with E-state index in [0.717, 1.165) is 5.56 Å². The van der Waals surface area contributed by atoms with Gasteiger partial charge in [-0.1, -0.05) is 19.9 Å². The van der Waals surface area contributed by atoms with Crippen molar-refractivity contribution in [1.82, 2.24) is 9.62 Å². The summed E-state index contributed by atoms with van der Waals surface area (Å²) in [5.41, 5.74) is 0.855. The van der Waals surface area contributed by atoms with Crippen LogP contribution in [0.4, 0.5) is 0 Å². The average molecular weight is 491 g/mol. The number of hydrogen-bond acceptors (Lipinski definition) is 7. The normalized spacial score (nSPS) is 16.0. The van der Waals surface area contributed by atoms with Crippen LogP contribution in [0.5, 0.6) is 23.0 Å². The molecule has 4 rings (SSSR count). The van der Waals surface area contributed by atoms with Gasteiger partial charge in [0, 0.05) is 26.1 Å². The summed E-state index contributed by atoms with van der Waals surface area (Å²) in [5, 5.41) is 0. The lowest BCUT2D eigenvalue weighted by molar-refractivity contribution is -0.133. The van der Waals surface area contributed by atoms with Gasteiger partial charge in [-0.2, -0.15) is 4.72 Å². The van der Waals surface area contributed by atoms with E-state index in [-0.39, 0.29) is 16.7 Å². The van der Waals surface area contributed by atoms with Crippen molar-refractivity contribution in [2.75, 3.05) is 33.5 Å². The summed E-state index contributed by atoms with van der Waals surface area (Å²) < 4.78 is 51.2. The van der Waals surface area contributed by atoms with Gasteiger partial charge >= 0.3 is 0 Å². The highest BCUT2D eigenvalue weighted by molar-refractivity contribution is 7.89. The Morgan fingerprint density at radius 2 is 1.50 bits per heavy atom. The molecule has 9 nitrogen and oxygen atoms in total. The summed E-state index contributed by atoms with van der Waals surface area (Å²) >= 11 is 0. The molecule has 0 bridgehead atoms. The Kier molecular flexibility index (Phi) is 7.18. The molecule has 0 radical (unpaired) electrons. The van der Waals surface area contributed by atoms with Crippen LogP contribution in [0.25, 0.3) is 0 Å². The summed E-state index contributed by atoms with van der Waals surface area (Å²) in [6.45, 7) is 5.84. The Morgan fingerprint density at radius 3 is 2.21 bits per heavy atom. The number of rotatable bonds is 7. The third-order valence-electron chi connectivity index (χ3n) is 5.65. The van der Waals surface area contributed by atoms with Gasteiger partial charge in [0.05, 0.1) is 18.1 Å². The topological polar surface area (TPSA) is 103 Å². The maximum absolute atomic E-state index is 13.3. The minimum Gasteiger partial charge on any atom is -0.490 e. The molecule has 2 aromatic rings. The van der Waals surface area contributed by atoms with E-state index in [4.69, 9.17) is 18.9 Å². The van der Waals surface area contributed by atoms with Crippen molar-refractivity contribution in [2.45, 2.75) is 37.8 Å². The molecular weight excluding hydrogens is 460 g/mol. The zero-order valence-electron chi connectivity index (χ0n) is 19.6. The molecular formula is C24H30N2O7S. The van der Waals surface area contributed by atoms with E-state index in [0.29, 0.717) is 62.4 Å². The minimum absolute atomic E-state index is 0.0182. The molecule has 0 saturated heterocycles. The van der Waals surface area contributed by atoms with Crippen molar-refractivity contribution in [3.63, 3.8) is 0 Å². The molecule has 0 spiro atoms. The molecule has 0 aliphatic carbocycles.